The fourth-order valence-corrected chi connectivity index (χ4v) is 1.95. The van der Waals surface area contributed by atoms with Crippen LogP contribution in [-0.4, -0.2) is 27.0 Å². The maximum absolute atomic E-state index is 10.9. The summed E-state index contributed by atoms with van der Waals surface area (Å²) in [5, 5.41) is 13.0. The Labute approximate surface area is 88.8 Å². The van der Waals surface area contributed by atoms with E-state index in [0.29, 0.717) is 17.0 Å². The molecule has 6 heteroatoms. The average molecular weight is 261 g/mol. The number of carboxylic acid groups (broad SMARTS) is 1. The SMILES string of the molecule is C[C@@H]1CCn2nc(Br)c(C(=O)O)c2O1. The predicted molar refractivity (Wildman–Crippen MR) is 51.6 cm³/mol. The largest absolute Gasteiger partial charge is 0.477 e. The van der Waals surface area contributed by atoms with E-state index >= 15 is 0 Å². The number of aromatic nitrogens is 2. The lowest BCUT2D eigenvalue weighted by atomic mass is 10.2. The molecular weight excluding hydrogens is 252 g/mol. The van der Waals surface area contributed by atoms with Crippen LogP contribution in [0.4, 0.5) is 0 Å². The van der Waals surface area contributed by atoms with Crippen molar-refractivity contribution < 1.29 is 14.6 Å². The van der Waals surface area contributed by atoms with E-state index < -0.39 is 5.97 Å². The molecule has 1 atom stereocenters. The molecule has 0 unspecified atom stereocenters. The van der Waals surface area contributed by atoms with Gasteiger partial charge in [-0.3, -0.25) is 0 Å². The Morgan fingerprint density at radius 2 is 2.50 bits per heavy atom. The van der Waals surface area contributed by atoms with E-state index in [1.165, 1.54) is 0 Å². The van der Waals surface area contributed by atoms with Crippen molar-refractivity contribution in [3.63, 3.8) is 0 Å². The summed E-state index contributed by atoms with van der Waals surface area (Å²) >= 11 is 3.11. The molecule has 1 N–H and O–H groups in total. The van der Waals surface area contributed by atoms with Crippen LogP contribution in [0.5, 0.6) is 5.88 Å². The Kier molecular flexibility index (Phi) is 2.22. The molecule has 14 heavy (non-hydrogen) atoms. The highest BCUT2D eigenvalue weighted by atomic mass is 79.9. The number of hydrogen-bond donors (Lipinski definition) is 1. The summed E-state index contributed by atoms with van der Waals surface area (Å²) < 4.78 is 7.34. The molecule has 1 aliphatic heterocycles. The second kappa shape index (κ2) is 3.27. The molecule has 0 fully saturated rings. The summed E-state index contributed by atoms with van der Waals surface area (Å²) in [6.07, 6.45) is 0.893. The molecule has 0 bridgehead atoms. The van der Waals surface area contributed by atoms with E-state index in [1.54, 1.807) is 4.68 Å². The van der Waals surface area contributed by atoms with Gasteiger partial charge in [0.2, 0.25) is 5.88 Å². The Bertz CT molecular complexity index is 388. The van der Waals surface area contributed by atoms with Crippen molar-refractivity contribution in [1.29, 1.82) is 0 Å². The zero-order valence-corrected chi connectivity index (χ0v) is 9.11. The van der Waals surface area contributed by atoms with Gasteiger partial charge < -0.3 is 9.84 Å². The van der Waals surface area contributed by atoms with Gasteiger partial charge in [-0.15, -0.1) is 0 Å². The van der Waals surface area contributed by atoms with E-state index in [1.807, 2.05) is 6.92 Å². The molecule has 0 spiro atoms. The number of halogens is 1. The van der Waals surface area contributed by atoms with E-state index in [0.717, 1.165) is 6.42 Å². The Morgan fingerprint density at radius 3 is 3.14 bits per heavy atom. The summed E-state index contributed by atoms with van der Waals surface area (Å²) in [4.78, 5) is 10.9. The normalized spacial score (nSPS) is 20.0. The van der Waals surface area contributed by atoms with Gasteiger partial charge in [-0.25, -0.2) is 9.48 Å². The molecular formula is C8H9BrN2O3. The molecule has 2 rings (SSSR count). The topological polar surface area (TPSA) is 64.4 Å². The van der Waals surface area contributed by atoms with Crippen LogP contribution < -0.4 is 4.74 Å². The standard InChI is InChI=1S/C8H9BrN2O3/c1-4-2-3-11-7(14-4)5(8(12)13)6(9)10-11/h4H,2-3H2,1H3,(H,12,13)/t4-/m1/s1. The molecule has 5 nitrogen and oxygen atoms in total. The highest BCUT2D eigenvalue weighted by molar-refractivity contribution is 9.10. The zero-order valence-electron chi connectivity index (χ0n) is 7.53. The lowest BCUT2D eigenvalue weighted by Crippen LogP contribution is -2.24. The van der Waals surface area contributed by atoms with Gasteiger partial charge in [0.25, 0.3) is 0 Å². The molecule has 0 aliphatic carbocycles. The highest BCUT2D eigenvalue weighted by Gasteiger charge is 2.27. The first-order valence-corrected chi connectivity index (χ1v) is 5.05. The van der Waals surface area contributed by atoms with Gasteiger partial charge in [-0.1, -0.05) is 0 Å². The molecule has 0 amide bonds. The lowest BCUT2D eigenvalue weighted by molar-refractivity contribution is 0.0682. The van der Waals surface area contributed by atoms with Crippen molar-refractivity contribution in [2.45, 2.75) is 26.0 Å². The molecule has 0 saturated carbocycles. The van der Waals surface area contributed by atoms with Gasteiger partial charge in [-0.2, -0.15) is 5.10 Å². The van der Waals surface area contributed by atoms with Gasteiger partial charge in [0.1, 0.15) is 4.60 Å². The van der Waals surface area contributed by atoms with Crippen molar-refractivity contribution in [2.24, 2.45) is 0 Å². The van der Waals surface area contributed by atoms with E-state index in [9.17, 15) is 4.79 Å². The number of ether oxygens (including phenoxy) is 1. The predicted octanol–water partition coefficient (Wildman–Crippen LogP) is 1.51. The number of nitrogens with zero attached hydrogens (tertiary/aromatic N) is 2. The zero-order chi connectivity index (χ0) is 10.3. The van der Waals surface area contributed by atoms with Crippen LogP contribution in [0.25, 0.3) is 0 Å². The summed E-state index contributed by atoms with van der Waals surface area (Å²) in [7, 11) is 0. The second-order valence-electron chi connectivity index (χ2n) is 3.22. The minimum atomic E-state index is -1.02. The highest BCUT2D eigenvalue weighted by Crippen LogP contribution is 2.30. The first-order valence-electron chi connectivity index (χ1n) is 4.26. The number of fused-ring (bicyclic) bond motifs is 1. The average Bonchev–Trinajstić information content (AvgIpc) is 2.40. The Hall–Kier alpha value is -1.04. The van der Waals surface area contributed by atoms with Gasteiger partial charge in [0.05, 0.1) is 6.10 Å². The number of carboxylic acids is 1. The monoisotopic (exact) mass is 260 g/mol. The number of aromatic carboxylic acids is 1. The minimum absolute atomic E-state index is 0.0456. The number of hydrogen-bond acceptors (Lipinski definition) is 3. The van der Waals surface area contributed by atoms with Crippen LogP contribution >= 0.6 is 15.9 Å². The molecule has 1 aromatic heterocycles. The summed E-state index contributed by atoms with van der Waals surface area (Å²) in [5.74, 6) is -0.671. The van der Waals surface area contributed by atoms with Crippen molar-refractivity contribution in [3.05, 3.63) is 10.2 Å². The molecule has 0 aromatic carbocycles. The molecule has 76 valence electrons. The lowest BCUT2D eigenvalue weighted by Gasteiger charge is -2.21. The molecule has 1 aromatic rings. The van der Waals surface area contributed by atoms with E-state index in [4.69, 9.17) is 9.84 Å². The fourth-order valence-electron chi connectivity index (χ4n) is 1.42. The maximum Gasteiger partial charge on any atom is 0.344 e. The summed E-state index contributed by atoms with van der Waals surface area (Å²) in [5.41, 5.74) is 0.108. The quantitative estimate of drug-likeness (QED) is 0.832. The van der Waals surface area contributed by atoms with E-state index in [2.05, 4.69) is 21.0 Å². The molecule has 1 aliphatic rings. The Balaban J connectivity index is 2.50. The van der Waals surface area contributed by atoms with Crippen LogP contribution in [0.1, 0.15) is 23.7 Å². The van der Waals surface area contributed by atoms with Gasteiger partial charge in [-0.05, 0) is 22.9 Å². The Morgan fingerprint density at radius 1 is 1.79 bits per heavy atom. The van der Waals surface area contributed by atoms with Crippen LogP contribution in [0.2, 0.25) is 0 Å². The summed E-state index contributed by atoms with van der Waals surface area (Å²) in [6, 6.07) is 0. The van der Waals surface area contributed by atoms with Crippen molar-refractivity contribution in [3.8, 4) is 5.88 Å². The fraction of sp³-hybridized carbons (Fsp3) is 0.500. The second-order valence-corrected chi connectivity index (χ2v) is 3.97. The minimum Gasteiger partial charge on any atom is -0.477 e. The maximum atomic E-state index is 10.9. The number of aryl methyl sites for hydroxylation is 1. The van der Waals surface area contributed by atoms with Gasteiger partial charge in [0, 0.05) is 13.0 Å². The summed E-state index contributed by atoms with van der Waals surface area (Å²) in [6.45, 7) is 2.61. The van der Waals surface area contributed by atoms with Crippen molar-refractivity contribution in [2.75, 3.05) is 0 Å². The van der Waals surface area contributed by atoms with Gasteiger partial charge >= 0.3 is 5.97 Å². The van der Waals surface area contributed by atoms with Crippen LogP contribution in [-0.2, 0) is 6.54 Å². The van der Waals surface area contributed by atoms with Crippen LogP contribution in [0.3, 0.4) is 0 Å². The number of rotatable bonds is 1. The molecule has 0 saturated heterocycles. The molecule has 2 heterocycles. The van der Waals surface area contributed by atoms with Crippen LogP contribution in [0, 0.1) is 0 Å². The van der Waals surface area contributed by atoms with Crippen molar-refractivity contribution in [1.82, 2.24) is 9.78 Å². The third-order valence-corrected chi connectivity index (χ3v) is 2.69. The van der Waals surface area contributed by atoms with E-state index in [-0.39, 0.29) is 11.7 Å². The van der Waals surface area contributed by atoms with Gasteiger partial charge in [0.15, 0.2) is 5.56 Å². The third-order valence-electron chi connectivity index (χ3n) is 2.14. The number of carbonyl (C=O) groups is 1. The van der Waals surface area contributed by atoms with Crippen LogP contribution in [0.15, 0.2) is 4.60 Å². The molecule has 0 radical (unpaired) electrons. The third kappa shape index (κ3) is 1.39. The smallest absolute Gasteiger partial charge is 0.344 e. The first kappa shape index (κ1) is 9.51. The van der Waals surface area contributed by atoms with Crippen molar-refractivity contribution >= 4 is 21.9 Å². The first-order chi connectivity index (χ1) is 6.59.